The monoisotopic (exact) mass is 276 g/mol. The molecule has 0 aromatic heterocycles. The van der Waals surface area contributed by atoms with Gasteiger partial charge in [0.15, 0.2) is 5.82 Å². The third-order valence-corrected chi connectivity index (χ3v) is 3.53. The van der Waals surface area contributed by atoms with E-state index in [1.165, 1.54) is 6.07 Å². The molecule has 2 unspecified atom stereocenters. The SMILES string of the molecule is C=Nc1c(N2CC(C)CC(N)C2)ccc(F)c1N=CC. The molecule has 5 heteroatoms. The van der Waals surface area contributed by atoms with Gasteiger partial charge in [0.2, 0.25) is 0 Å². The van der Waals surface area contributed by atoms with Crippen molar-refractivity contribution in [3.8, 4) is 0 Å². The van der Waals surface area contributed by atoms with Crippen molar-refractivity contribution in [2.24, 2.45) is 21.6 Å². The quantitative estimate of drug-likeness (QED) is 0.863. The van der Waals surface area contributed by atoms with Crippen molar-refractivity contribution in [1.82, 2.24) is 0 Å². The molecule has 108 valence electrons. The van der Waals surface area contributed by atoms with Crippen LogP contribution in [-0.2, 0) is 0 Å². The van der Waals surface area contributed by atoms with Gasteiger partial charge in [-0.25, -0.2) is 4.39 Å². The lowest BCUT2D eigenvalue weighted by atomic mass is 9.96. The molecule has 2 rings (SSSR count). The molecule has 1 aromatic rings. The van der Waals surface area contributed by atoms with Crippen molar-refractivity contribution in [2.45, 2.75) is 26.3 Å². The van der Waals surface area contributed by atoms with Crippen molar-refractivity contribution < 1.29 is 4.39 Å². The highest BCUT2D eigenvalue weighted by Crippen LogP contribution is 2.40. The van der Waals surface area contributed by atoms with E-state index in [-0.39, 0.29) is 17.5 Å². The van der Waals surface area contributed by atoms with Crippen LogP contribution < -0.4 is 10.6 Å². The molecule has 1 aromatic carbocycles. The second-order valence-electron chi connectivity index (χ2n) is 5.32. The van der Waals surface area contributed by atoms with Gasteiger partial charge in [-0.1, -0.05) is 6.92 Å². The molecule has 1 aliphatic rings. The Balaban J connectivity index is 2.46. The Bertz CT molecular complexity index is 517. The molecule has 20 heavy (non-hydrogen) atoms. The van der Waals surface area contributed by atoms with Crippen LogP contribution in [0.4, 0.5) is 21.5 Å². The Morgan fingerprint density at radius 2 is 2.15 bits per heavy atom. The summed E-state index contributed by atoms with van der Waals surface area (Å²) >= 11 is 0. The maximum atomic E-state index is 13.9. The summed E-state index contributed by atoms with van der Waals surface area (Å²) in [6, 6.07) is 3.29. The minimum absolute atomic E-state index is 0.125. The van der Waals surface area contributed by atoms with Crippen molar-refractivity contribution in [1.29, 1.82) is 0 Å². The van der Waals surface area contributed by atoms with Gasteiger partial charge in [-0.05, 0) is 38.1 Å². The van der Waals surface area contributed by atoms with E-state index in [0.717, 1.165) is 25.2 Å². The summed E-state index contributed by atoms with van der Waals surface area (Å²) in [5, 5.41) is 0. The van der Waals surface area contributed by atoms with Crippen molar-refractivity contribution in [2.75, 3.05) is 18.0 Å². The first-order chi connectivity index (χ1) is 9.56. The summed E-state index contributed by atoms with van der Waals surface area (Å²) in [6.45, 7) is 9.11. The van der Waals surface area contributed by atoms with Crippen LogP contribution in [-0.4, -0.2) is 32.1 Å². The number of hydrogen-bond donors (Lipinski definition) is 1. The number of aliphatic imine (C=N–C) groups is 2. The minimum Gasteiger partial charge on any atom is -0.368 e. The Kier molecular flexibility index (Phi) is 4.49. The van der Waals surface area contributed by atoms with Crippen molar-refractivity contribution in [3.05, 3.63) is 17.9 Å². The number of anilines is 1. The number of hydrogen-bond acceptors (Lipinski definition) is 4. The Hall–Kier alpha value is -1.75. The summed E-state index contributed by atoms with van der Waals surface area (Å²) in [7, 11) is 0. The average Bonchev–Trinajstić information content (AvgIpc) is 2.39. The lowest BCUT2D eigenvalue weighted by molar-refractivity contribution is 0.402. The molecule has 1 aliphatic heterocycles. The van der Waals surface area contributed by atoms with E-state index >= 15 is 0 Å². The fourth-order valence-corrected chi connectivity index (χ4v) is 2.80. The third kappa shape index (κ3) is 2.88. The second kappa shape index (κ2) is 6.13. The van der Waals surface area contributed by atoms with E-state index < -0.39 is 0 Å². The summed E-state index contributed by atoms with van der Waals surface area (Å²) in [6.07, 6.45) is 2.57. The first kappa shape index (κ1) is 14.7. The predicted octanol–water partition coefficient (Wildman–Crippen LogP) is 3.05. The largest absolute Gasteiger partial charge is 0.368 e. The van der Waals surface area contributed by atoms with Crippen LogP contribution in [0.2, 0.25) is 0 Å². The third-order valence-electron chi connectivity index (χ3n) is 3.53. The maximum absolute atomic E-state index is 13.9. The van der Waals surface area contributed by atoms with Gasteiger partial charge >= 0.3 is 0 Å². The molecule has 0 radical (unpaired) electrons. The fourth-order valence-electron chi connectivity index (χ4n) is 2.80. The first-order valence-corrected chi connectivity index (χ1v) is 6.85. The standard InChI is InChI=1S/C15H21FN4/c1-4-19-14-12(16)5-6-13(15(14)18-3)20-8-10(2)7-11(17)9-20/h4-6,10-11H,3,7-9,17H2,1-2H3. The van der Waals surface area contributed by atoms with E-state index in [1.54, 1.807) is 19.2 Å². The molecule has 0 spiro atoms. The number of benzene rings is 1. The van der Waals surface area contributed by atoms with Gasteiger partial charge in [-0.3, -0.25) is 9.98 Å². The van der Waals surface area contributed by atoms with Gasteiger partial charge in [0.25, 0.3) is 0 Å². The van der Waals surface area contributed by atoms with Crippen LogP contribution in [0.1, 0.15) is 20.3 Å². The summed E-state index contributed by atoms with van der Waals surface area (Å²) in [4.78, 5) is 10.2. The van der Waals surface area contributed by atoms with Gasteiger partial charge < -0.3 is 10.6 Å². The molecule has 2 N–H and O–H groups in total. The van der Waals surface area contributed by atoms with Gasteiger partial charge in [-0.15, -0.1) is 0 Å². The number of halogens is 1. The average molecular weight is 276 g/mol. The van der Waals surface area contributed by atoms with Crippen LogP contribution in [0.25, 0.3) is 0 Å². The van der Waals surface area contributed by atoms with Crippen LogP contribution >= 0.6 is 0 Å². The number of piperidine rings is 1. The zero-order valence-electron chi connectivity index (χ0n) is 12.0. The summed E-state index contributed by atoms with van der Waals surface area (Å²) in [5.74, 6) is 0.114. The molecule has 0 amide bonds. The highest BCUT2D eigenvalue weighted by atomic mass is 19.1. The molecule has 1 heterocycles. The Labute approximate surface area is 119 Å². The van der Waals surface area contributed by atoms with E-state index in [4.69, 9.17) is 5.73 Å². The number of rotatable bonds is 3. The highest BCUT2D eigenvalue weighted by Gasteiger charge is 2.25. The maximum Gasteiger partial charge on any atom is 0.151 e. The molecule has 0 saturated carbocycles. The molecular weight excluding hydrogens is 255 g/mol. The smallest absolute Gasteiger partial charge is 0.151 e. The first-order valence-electron chi connectivity index (χ1n) is 6.85. The molecule has 1 saturated heterocycles. The topological polar surface area (TPSA) is 54.0 Å². The fraction of sp³-hybridized carbons (Fsp3) is 0.467. The summed E-state index contributed by atoms with van der Waals surface area (Å²) < 4.78 is 13.9. The van der Waals surface area contributed by atoms with Crippen LogP contribution in [0.5, 0.6) is 0 Å². The van der Waals surface area contributed by atoms with Gasteiger partial charge in [0.05, 0.1) is 5.69 Å². The zero-order valence-corrected chi connectivity index (χ0v) is 12.0. The zero-order chi connectivity index (χ0) is 14.7. The number of nitrogens with zero attached hydrogens (tertiary/aromatic N) is 3. The van der Waals surface area contributed by atoms with Crippen molar-refractivity contribution in [3.63, 3.8) is 0 Å². The van der Waals surface area contributed by atoms with Gasteiger partial charge in [-0.2, -0.15) is 0 Å². The highest BCUT2D eigenvalue weighted by molar-refractivity contribution is 5.82. The molecule has 1 fully saturated rings. The second-order valence-corrected chi connectivity index (χ2v) is 5.32. The van der Waals surface area contributed by atoms with E-state index in [1.807, 2.05) is 0 Å². The summed E-state index contributed by atoms with van der Waals surface area (Å²) in [5.41, 5.74) is 7.66. The molecule has 2 atom stereocenters. The van der Waals surface area contributed by atoms with Gasteiger partial charge in [0, 0.05) is 25.3 Å². The van der Waals surface area contributed by atoms with Crippen LogP contribution in [0.15, 0.2) is 22.1 Å². The molecule has 0 bridgehead atoms. The van der Waals surface area contributed by atoms with Crippen molar-refractivity contribution >= 4 is 30.0 Å². The Morgan fingerprint density at radius 3 is 2.75 bits per heavy atom. The van der Waals surface area contributed by atoms with Gasteiger partial charge in [0.1, 0.15) is 11.4 Å². The molecule has 0 aliphatic carbocycles. The Morgan fingerprint density at radius 1 is 1.40 bits per heavy atom. The van der Waals surface area contributed by atoms with E-state index in [2.05, 4.69) is 28.5 Å². The number of nitrogens with two attached hydrogens (primary N) is 1. The minimum atomic E-state index is -0.386. The van der Waals surface area contributed by atoms with E-state index in [9.17, 15) is 4.39 Å². The predicted molar refractivity (Wildman–Crippen MR) is 83.4 cm³/mol. The lowest BCUT2D eigenvalue weighted by Crippen LogP contribution is -2.46. The molecule has 4 nitrogen and oxygen atoms in total. The van der Waals surface area contributed by atoms with E-state index in [0.29, 0.717) is 11.6 Å². The molecular formula is C15H21FN4. The van der Waals surface area contributed by atoms with Crippen LogP contribution in [0, 0.1) is 11.7 Å². The lowest BCUT2D eigenvalue weighted by Gasteiger charge is -2.37. The normalized spacial score (nSPS) is 23.3. The van der Waals surface area contributed by atoms with Crippen LogP contribution in [0.3, 0.4) is 0 Å².